The molecule has 0 radical (unpaired) electrons. The summed E-state index contributed by atoms with van der Waals surface area (Å²) in [4.78, 5) is 0. The van der Waals surface area contributed by atoms with E-state index in [-0.39, 0.29) is 0 Å². The molecule has 0 atom stereocenters. The standard InChI is InChI=1S/C9H9Br2I/c10-4-3-7-1-2-9(12)5-8(7)6-11/h1-2,5H,3-4,6H2. The Labute approximate surface area is 104 Å². The summed E-state index contributed by atoms with van der Waals surface area (Å²) in [5.74, 6) is 0. The van der Waals surface area contributed by atoms with Gasteiger partial charge in [0.1, 0.15) is 0 Å². The van der Waals surface area contributed by atoms with Gasteiger partial charge in [-0.1, -0.05) is 37.9 Å². The molecule has 1 aromatic rings. The highest BCUT2D eigenvalue weighted by atomic mass is 127. The van der Waals surface area contributed by atoms with Gasteiger partial charge in [-0.15, -0.1) is 0 Å². The van der Waals surface area contributed by atoms with Crippen LogP contribution in [-0.4, -0.2) is 5.33 Å². The molecule has 0 spiro atoms. The molecule has 0 nitrogen and oxygen atoms in total. The summed E-state index contributed by atoms with van der Waals surface area (Å²) in [7, 11) is 0. The van der Waals surface area contributed by atoms with E-state index in [1.165, 1.54) is 14.7 Å². The Hall–Kier alpha value is 0.910. The maximum Gasteiger partial charge on any atom is 0.0286 e. The average molecular weight is 404 g/mol. The number of hydrogen-bond donors (Lipinski definition) is 0. The van der Waals surface area contributed by atoms with E-state index < -0.39 is 0 Å². The van der Waals surface area contributed by atoms with Crippen LogP contribution in [0.3, 0.4) is 0 Å². The van der Waals surface area contributed by atoms with Crippen LogP contribution in [0.2, 0.25) is 0 Å². The average Bonchev–Trinajstić information content (AvgIpc) is 2.08. The van der Waals surface area contributed by atoms with Crippen molar-refractivity contribution in [1.82, 2.24) is 0 Å². The Morgan fingerprint density at radius 2 is 1.92 bits per heavy atom. The van der Waals surface area contributed by atoms with E-state index in [0.29, 0.717) is 0 Å². The normalized spacial score (nSPS) is 10.2. The maximum absolute atomic E-state index is 3.49. The molecule has 1 aromatic carbocycles. The van der Waals surface area contributed by atoms with Crippen molar-refractivity contribution in [3.63, 3.8) is 0 Å². The number of rotatable bonds is 3. The van der Waals surface area contributed by atoms with Gasteiger partial charge in [0.15, 0.2) is 0 Å². The zero-order chi connectivity index (χ0) is 8.97. The first-order valence-electron chi connectivity index (χ1n) is 3.67. The Morgan fingerprint density at radius 3 is 2.50 bits per heavy atom. The molecule has 3 heteroatoms. The summed E-state index contributed by atoms with van der Waals surface area (Å²) < 4.78 is 1.31. The van der Waals surface area contributed by atoms with Gasteiger partial charge in [-0.25, -0.2) is 0 Å². The van der Waals surface area contributed by atoms with Crippen LogP contribution in [-0.2, 0) is 11.8 Å². The summed E-state index contributed by atoms with van der Waals surface area (Å²) in [5, 5.41) is 1.99. The second-order valence-electron chi connectivity index (χ2n) is 2.49. The molecule has 12 heavy (non-hydrogen) atoms. The molecule has 0 aromatic heterocycles. The van der Waals surface area contributed by atoms with Crippen LogP contribution >= 0.6 is 54.5 Å². The van der Waals surface area contributed by atoms with Gasteiger partial charge < -0.3 is 0 Å². The van der Waals surface area contributed by atoms with Crippen molar-refractivity contribution in [3.8, 4) is 0 Å². The highest BCUT2D eigenvalue weighted by Crippen LogP contribution is 2.17. The van der Waals surface area contributed by atoms with Crippen LogP contribution in [0.15, 0.2) is 18.2 Å². The summed E-state index contributed by atoms with van der Waals surface area (Å²) in [6.45, 7) is 0. The zero-order valence-electron chi connectivity index (χ0n) is 6.49. The van der Waals surface area contributed by atoms with Gasteiger partial charge in [0.2, 0.25) is 0 Å². The predicted molar refractivity (Wildman–Crippen MR) is 69.3 cm³/mol. The molecule has 1 rings (SSSR count). The molecule has 0 saturated carbocycles. The van der Waals surface area contributed by atoms with E-state index in [2.05, 4.69) is 72.6 Å². The van der Waals surface area contributed by atoms with Crippen molar-refractivity contribution in [2.75, 3.05) is 5.33 Å². The molecule has 0 aliphatic rings. The molecular formula is C9H9Br2I. The first-order valence-corrected chi connectivity index (χ1v) is 6.99. The molecule has 0 amide bonds. The van der Waals surface area contributed by atoms with E-state index >= 15 is 0 Å². The molecule has 0 aliphatic carbocycles. The fourth-order valence-corrected chi connectivity index (χ4v) is 2.57. The molecule has 0 heterocycles. The smallest absolute Gasteiger partial charge is 0.0286 e. The molecular weight excluding hydrogens is 395 g/mol. The third-order valence-electron chi connectivity index (χ3n) is 1.68. The molecule has 66 valence electrons. The highest BCUT2D eigenvalue weighted by Gasteiger charge is 2.00. The number of benzene rings is 1. The lowest BCUT2D eigenvalue weighted by Crippen LogP contribution is -1.93. The van der Waals surface area contributed by atoms with E-state index in [0.717, 1.165) is 17.1 Å². The number of halogens is 3. The zero-order valence-corrected chi connectivity index (χ0v) is 11.8. The fourth-order valence-electron chi connectivity index (χ4n) is 1.06. The minimum absolute atomic E-state index is 0.951. The number of alkyl halides is 2. The van der Waals surface area contributed by atoms with E-state index in [9.17, 15) is 0 Å². The van der Waals surface area contributed by atoms with Crippen LogP contribution in [0.25, 0.3) is 0 Å². The minimum atomic E-state index is 0.951. The summed E-state index contributed by atoms with van der Waals surface area (Å²) >= 11 is 9.29. The third-order valence-corrected chi connectivity index (χ3v) is 3.35. The van der Waals surface area contributed by atoms with Crippen molar-refractivity contribution >= 4 is 54.5 Å². The van der Waals surface area contributed by atoms with E-state index in [4.69, 9.17) is 0 Å². The lowest BCUT2D eigenvalue weighted by atomic mass is 10.1. The fraction of sp³-hybridized carbons (Fsp3) is 0.333. The van der Waals surface area contributed by atoms with Gasteiger partial charge in [-0.2, -0.15) is 0 Å². The monoisotopic (exact) mass is 402 g/mol. The van der Waals surface area contributed by atoms with Gasteiger partial charge in [0.05, 0.1) is 0 Å². The van der Waals surface area contributed by atoms with E-state index in [1.807, 2.05) is 0 Å². The molecule has 0 aliphatic heterocycles. The quantitative estimate of drug-likeness (QED) is 0.526. The second-order valence-corrected chi connectivity index (χ2v) is 5.09. The van der Waals surface area contributed by atoms with Gasteiger partial charge >= 0.3 is 0 Å². The molecule has 0 bridgehead atoms. The van der Waals surface area contributed by atoms with Crippen LogP contribution in [0.1, 0.15) is 11.1 Å². The van der Waals surface area contributed by atoms with Gasteiger partial charge in [-0.05, 0) is 52.3 Å². The SMILES string of the molecule is BrCCc1ccc(I)cc1CBr. The second kappa shape index (κ2) is 5.60. The highest BCUT2D eigenvalue weighted by molar-refractivity contribution is 14.1. The third kappa shape index (κ3) is 3.00. The maximum atomic E-state index is 3.49. The van der Waals surface area contributed by atoms with Crippen LogP contribution in [0.5, 0.6) is 0 Å². The van der Waals surface area contributed by atoms with Crippen molar-refractivity contribution in [1.29, 1.82) is 0 Å². The van der Waals surface area contributed by atoms with Crippen molar-refractivity contribution < 1.29 is 0 Å². The summed E-state index contributed by atoms with van der Waals surface area (Å²) in [6, 6.07) is 6.59. The lowest BCUT2D eigenvalue weighted by molar-refractivity contribution is 1.12. The molecule has 0 saturated heterocycles. The van der Waals surface area contributed by atoms with Crippen LogP contribution in [0.4, 0.5) is 0 Å². The van der Waals surface area contributed by atoms with Crippen LogP contribution < -0.4 is 0 Å². The molecule has 0 fully saturated rings. The van der Waals surface area contributed by atoms with Crippen molar-refractivity contribution in [2.45, 2.75) is 11.8 Å². The molecule has 0 N–H and O–H groups in total. The van der Waals surface area contributed by atoms with Gasteiger partial charge in [0, 0.05) is 14.2 Å². The Kier molecular flexibility index (Phi) is 5.13. The van der Waals surface area contributed by atoms with Crippen molar-refractivity contribution in [2.24, 2.45) is 0 Å². The minimum Gasteiger partial charge on any atom is -0.0924 e. The summed E-state index contributed by atoms with van der Waals surface area (Å²) in [5.41, 5.74) is 2.84. The Bertz CT molecular complexity index is 261. The Morgan fingerprint density at radius 1 is 1.17 bits per heavy atom. The first-order chi connectivity index (χ1) is 5.77. The lowest BCUT2D eigenvalue weighted by Gasteiger charge is -2.05. The van der Waals surface area contributed by atoms with Gasteiger partial charge in [0.25, 0.3) is 0 Å². The Balaban J connectivity index is 2.94. The van der Waals surface area contributed by atoms with E-state index in [1.54, 1.807) is 0 Å². The summed E-state index contributed by atoms with van der Waals surface area (Å²) in [6.07, 6.45) is 1.11. The van der Waals surface area contributed by atoms with Crippen molar-refractivity contribution in [3.05, 3.63) is 32.9 Å². The van der Waals surface area contributed by atoms with Crippen LogP contribution in [0, 0.1) is 3.57 Å². The molecule has 0 unspecified atom stereocenters. The first kappa shape index (κ1) is 11.0. The largest absolute Gasteiger partial charge is 0.0924 e. The van der Waals surface area contributed by atoms with Gasteiger partial charge in [-0.3, -0.25) is 0 Å². The topological polar surface area (TPSA) is 0 Å². The predicted octanol–water partition coefficient (Wildman–Crippen LogP) is 4.12. The number of hydrogen-bond acceptors (Lipinski definition) is 0. The number of aryl methyl sites for hydroxylation is 1.